The van der Waals surface area contributed by atoms with Gasteiger partial charge in [-0.25, -0.2) is 0 Å². The minimum atomic E-state index is -0.318. The van der Waals surface area contributed by atoms with Crippen molar-refractivity contribution in [3.63, 3.8) is 0 Å². The molecule has 1 unspecified atom stereocenters. The number of ether oxygens (including phenoxy) is 1. The molecule has 6 heteroatoms. The zero-order valence-corrected chi connectivity index (χ0v) is 15.8. The zero-order valence-electron chi connectivity index (χ0n) is 15.8. The van der Waals surface area contributed by atoms with E-state index < -0.39 is 0 Å². The third-order valence-corrected chi connectivity index (χ3v) is 5.50. The van der Waals surface area contributed by atoms with Crippen molar-refractivity contribution in [3.05, 3.63) is 65.2 Å². The number of rotatable bonds is 5. The monoisotopic (exact) mass is 378 g/mol. The van der Waals surface area contributed by atoms with Crippen molar-refractivity contribution in [2.45, 2.75) is 25.3 Å². The standard InChI is InChI=1S/C22H22N2O4/c1-28-16-10-8-15(9-11-16)19-7-4-13-23(19)20(25)12-14-24-21(26)17-5-2-3-6-18(17)22(24)27/h2-3,5-6,8-11,19H,4,7,12-14H2,1H3. The van der Waals surface area contributed by atoms with Crippen LogP contribution < -0.4 is 4.74 Å². The van der Waals surface area contributed by atoms with Crippen molar-refractivity contribution in [1.29, 1.82) is 0 Å². The Labute approximate surface area is 163 Å². The van der Waals surface area contributed by atoms with E-state index in [-0.39, 0.29) is 36.7 Å². The smallest absolute Gasteiger partial charge is 0.261 e. The van der Waals surface area contributed by atoms with Gasteiger partial charge in [-0.05, 0) is 42.7 Å². The average molecular weight is 378 g/mol. The molecule has 2 aromatic carbocycles. The fourth-order valence-corrected chi connectivity index (χ4v) is 4.03. The molecule has 2 aliphatic rings. The van der Waals surface area contributed by atoms with Gasteiger partial charge in [0.2, 0.25) is 5.91 Å². The second kappa shape index (κ2) is 7.46. The molecule has 1 atom stereocenters. The molecular weight excluding hydrogens is 356 g/mol. The lowest BCUT2D eigenvalue weighted by Gasteiger charge is -2.26. The molecule has 144 valence electrons. The average Bonchev–Trinajstić information content (AvgIpc) is 3.31. The van der Waals surface area contributed by atoms with Crippen LogP contribution in [0.15, 0.2) is 48.5 Å². The quantitative estimate of drug-likeness (QED) is 0.750. The Balaban J connectivity index is 1.42. The Morgan fingerprint density at radius 3 is 2.29 bits per heavy atom. The van der Waals surface area contributed by atoms with E-state index in [1.54, 1.807) is 31.4 Å². The van der Waals surface area contributed by atoms with E-state index in [1.807, 2.05) is 29.2 Å². The highest BCUT2D eigenvalue weighted by molar-refractivity contribution is 6.21. The van der Waals surface area contributed by atoms with Gasteiger partial charge in [-0.1, -0.05) is 24.3 Å². The second-order valence-electron chi connectivity index (χ2n) is 7.08. The summed E-state index contributed by atoms with van der Waals surface area (Å²) in [6, 6.07) is 14.6. The number of hydrogen-bond acceptors (Lipinski definition) is 4. The lowest BCUT2D eigenvalue weighted by Crippen LogP contribution is -2.36. The van der Waals surface area contributed by atoms with E-state index >= 15 is 0 Å². The molecule has 1 saturated heterocycles. The molecule has 0 N–H and O–H groups in total. The summed E-state index contributed by atoms with van der Waals surface area (Å²) in [4.78, 5) is 40.8. The zero-order chi connectivity index (χ0) is 19.7. The van der Waals surface area contributed by atoms with Crippen LogP contribution in [0.2, 0.25) is 0 Å². The highest BCUT2D eigenvalue weighted by atomic mass is 16.5. The van der Waals surface area contributed by atoms with Gasteiger partial charge in [0.15, 0.2) is 0 Å². The van der Waals surface area contributed by atoms with E-state index in [2.05, 4.69) is 0 Å². The van der Waals surface area contributed by atoms with Crippen LogP contribution in [-0.2, 0) is 4.79 Å². The molecule has 2 aromatic rings. The third-order valence-electron chi connectivity index (χ3n) is 5.50. The van der Waals surface area contributed by atoms with Crippen molar-refractivity contribution >= 4 is 17.7 Å². The van der Waals surface area contributed by atoms with Gasteiger partial charge in [0.25, 0.3) is 11.8 Å². The van der Waals surface area contributed by atoms with Crippen LogP contribution in [0.3, 0.4) is 0 Å². The van der Waals surface area contributed by atoms with E-state index in [1.165, 1.54) is 4.90 Å². The number of carbonyl (C=O) groups excluding carboxylic acids is 3. The summed E-state index contributed by atoms with van der Waals surface area (Å²) in [5, 5.41) is 0. The van der Waals surface area contributed by atoms with Crippen LogP contribution in [-0.4, -0.2) is 47.7 Å². The molecule has 0 aliphatic carbocycles. The highest BCUT2D eigenvalue weighted by Crippen LogP contribution is 2.33. The predicted molar refractivity (Wildman–Crippen MR) is 103 cm³/mol. The van der Waals surface area contributed by atoms with Crippen LogP contribution in [0.1, 0.15) is 51.6 Å². The molecule has 6 nitrogen and oxygen atoms in total. The Hall–Kier alpha value is -3.15. The number of benzene rings is 2. The number of carbonyl (C=O) groups is 3. The Morgan fingerprint density at radius 1 is 1.04 bits per heavy atom. The molecule has 2 aliphatic heterocycles. The van der Waals surface area contributed by atoms with Crippen LogP contribution in [0.25, 0.3) is 0 Å². The number of likely N-dealkylation sites (tertiary alicyclic amines) is 1. The molecule has 0 bridgehead atoms. The van der Waals surface area contributed by atoms with Gasteiger partial charge in [0, 0.05) is 19.5 Å². The number of amides is 3. The van der Waals surface area contributed by atoms with Crippen molar-refractivity contribution in [1.82, 2.24) is 9.80 Å². The van der Waals surface area contributed by atoms with Crippen molar-refractivity contribution in [3.8, 4) is 5.75 Å². The van der Waals surface area contributed by atoms with Gasteiger partial charge in [-0.15, -0.1) is 0 Å². The molecule has 2 heterocycles. The van der Waals surface area contributed by atoms with Crippen molar-refractivity contribution < 1.29 is 19.1 Å². The fraction of sp³-hybridized carbons (Fsp3) is 0.318. The number of nitrogens with zero attached hydrogens (tertiary/aromatic N) is 2. The van der Waals surface area contributed by atoms with Crippen LogP contribution in [0, 0.1) is 0 Å². The fourth-order valence-electron chi connectivity index (χ4n) is 4.03. The summed E-state index contributed by atoms with van der Waals surface area (Å²) in [5.41, 5.74) is 1.90. The third kappa shape index (κ3) is 3.15. The molecule has 0 saturated carbocycles. The first-order valence-electron chi connectivity index (χ1n) is 9.49. The van der Waals surface area contributed by atoms with Crippen LogP contribution in [0.4, 0.5) is 0 Å². The molecule has 0 spiro atoms. The van der Waals surface area contributed by atoms with Crippen molar-refractivity contribution in [2.24, 2.45) is 0 Å². The second-order valence-corrected chi connectivity index (χ2v) is 7.08. The Kier molecular flexibility index (Phi) is 4.86. The van der Waals surface area contributed by atoms with Crippen LogP contribution >= 0.6 is 0 Å². The maximum absolute atomic E-state index is 12.8. The summed E-state index contributed by atoms with van der Waals surface area (Å²) < 4.78 is 5.20. The Morgan fingerprint density at radius 2 is 1.68 bits per heavy atom. The molecule has 3 amide bonds. The first kappa shape index (κ1) is 18.2. The first-order valence-corrected chi connectivity index (χ1v) is 9.49. The summed E-state index contributed by atoms with van der Waals surface area (Å²) in [6.07, 6.45) is 1.98. The maximum Gasteiger partial charge on any atom is 0.261 e. The minimum absolute atomic E-state index is 0.0283. The molecule has 4 rings (SSSR count). The molecular formula is C22H22N2O4. The van der Waals surface area contributed by atoms with Gasteiger partial charge >= 0.3 is 0 Å². The molecule has 1 fully saturated rings. The van der Waals surface area contributed by atoms with Gasteiger partial charge < -0.3 is 9.64 Å². The summed E-state index contributed by atoms with van der Waals surface area (Å²) >= 11 is 0. The number of imide groups is 1. The Bertz CT molecular complexity index is 887. The molecule has 28 heavy (non-hydrogen) atoms. The van der Waals surface area contributed by atoms with E-state index in [9.17, 15) is 14.4 Å². The van der Waals surface area contributed by atoms with Gasteiger partial charge in [-0.2, -0.15) is 0 Å². The minimum Gasteiger partial charge on any atom is -0.497 e. The lowest BCUT2D eigenvalue weighted by atomic mass is 10.0. The molecule has 0 aromatic heterocycles. The molecule has 0 radical (unpaired) electrons. The summed E-state index contributed by atoms with van der Waals surface area (Å²) in [6.45, 7) is 0.800. The summed E-state index contributed by atoms with van der Waals surface area (Å²) in [7, 11) is 1.62. The van der Waals surface area contributed by atoms with E-state index in [4.69, 9.17) is 4.74 Å². The normalized spacial score (nSPS) is 18.5. The largest absolute Gasteiger partial charge is 0.497 e. The predicted octanol–water partition coefficient (Wildman–Crippen LogP) is 3.05. The maximum atomic E-state index is 12.8. The first-order chi connectivity index (χ1) is 13.6. The number of fused-ring (bicyclic) bond motifs is 1. The number of methoxy groups -OCH3 is 1. The van der Waals surface area contributed by atoms with Gasteiger partial charge in [-0.3, -0.25) is 19.3 Å². The van der Waals surface area contributed by atoms with Crippen molar-refractivity contribution in [2.75, 3.05) is 20.2 Å². The van der Waals surface area contributed by atoms with Gasteiger partial charge in [0.1, 0.15) is 5.75 Å². The number of hydrogen-bond donors (Lipinski definition) is 0. The van der Waals surface area contributed by atoms with E-state index in [0.717, 1.165) is 24.2 Å². The van der Waals surface area contributed by atoms with Gasteiger partial charge in [0.05, 0.1) is 24.3 Å². The highest BCUT2D eigenvalue weighted by Gasteiger charge is 2.36. The topological polar surface area (TPSA) is 66.9 Å². The van der Waals surface area contributed by atoms with E-state index in [0.29, 0.717) is 17.7 Å². The summed E-state index contributed by atoms with van der Waals surface area (Å²) in [5.74, 6) is 0.114. The lowest BCUT2D eigenvalue weighted by molar-refractivity contribution is -0.132. The van der Waals surface area contributed by atoms with Crippen LogP contribution in [0.5, 0.6) is 5.75 Å². The SMILES string of the molecule is COc1ccc(C2CCCN2C(=O)CCN2C(=O)c3ccccc3C2=O)cc1.